The van der Waals surface area contributed by atoms with Gasteiger partial charge in [0, 0.05) is 54.7 Å². The van der Waals surface area contributed by atoms with Crippen molar-refractivity contribution < 1.29 is 8.83 Å². The lowest BCUT2D eigenvalue weighted by Gasteiger charge is -2.11. The molecule has 11 rings (SSSR count). The smallest absolute Gasteiger partial charge is 0.161 e. The molecule has 5 heteroatoms. The van der Waals surface area contributed by atoms with E-state index in [1.54, 1.807) is 0 Å². The molecule has 0 aliphatic carbocycles. The van der Waals surface area contributed by atoms with Gasteiger partial charge >= 0.3 is 0 Å². The van der Waals surface area contributed by atoms with Crippen LogP contribution in [0.25, 0.3) is 111 Å². The minimum absolute atomic E-state index is 0.630. The molecule has 0 amide bonds. The summed E-state index contributed by atoms with van der Waals surface area (Å²) >= 11 is 0. The lowest BCUT2D eigenvalue weighted by molar-refractivity contribution is 0.671. The van der Waals surface area contributed by atoms with Gasteiger partial charge in [-0.2, -0.15) is 0 Å². The summed E-state index contributed by atoms with van der Waals surface area (Å²) in [5, 5.41) is 5.20. The van der Waals surface area contributed by atoms with E-state index in [0.717, 1.165) is 105 Å². The quantitative estimate of drug-likeness (QED) is 0.180. The van der Waals surface area contributed by atoms with Gasteiger partial charge in [-0.15, -0.1) is 0 Å². The van der Waals surface area contributed by atoms with Gasteiger partial charge in [0.05, 0.1) is 17.1 Å². The molecule has 11 aromatic rings. The van der Waals surface area contributed by atoms with Gasteiger partial charge in [-0.25, -0.2) is 15.0 Å². The van der Waals surface area contributed by atoms with Crippen LogP contribution in [0, 0.1) is 0 Å². The van der Waals surface area contributed by atoms with Crippen LogP contribution in [0.5, 0.6) is 0 Å². The average molecular weight is 692 g/mol. The van der Waals surface area contributed by atoms with E-state index in [9.17, 15) is 0 Å². The average Bonchev–Trinajstić information content (AvgIpc) is 3.83. The lowest BCUT2D eigenvalue weighted by atomic mass is 10.0. The Morgan fingerprint density at radius 3 is 1.65 bits per heavy atom. The highest BCUT2D eigenvalue weighted by Gasteiger charge is 2.20. The first-order chi connectivity index (χ1) is 26.8. The Balaban J connectivity index is 1.07. The Hall–Kier alpha value is -7.37. The molecule has 0 radical (unpaired) electrons. The molecule has 0 N–H and O–H groups in total. The SMILES string of the molecule is c1ccc(-c2cc(-c3cccc4c3oc3c(-c5ccccc5)cccc34)nc(-c3ccc(-c4nc5c6ccccc6oc5c5ccccc45)cc3)n2)cc1. The van der Waals surface area contributed by atoms with E-state index in [1.165, 1.54) is 0 Å². The summed E-state index contributed by atoms with van der Waals surface area (Å²) in [4.78, 5) is 15.6. The van der Waals surface area contributed by atoms with Crippen LogP contribution in [0.15, 0.2) is 185 Å². The third-order valence-electron chi connectivity index (χ3n) is 10.3. The van der Waals surface area contributed by atoms with Crippen molar-refractivity contribution in [3.8, 4) is 56.3 Å². The number of hydrogen-bond donors (Lipinski definition) is 0. The summed E-state index contributed by atoms with van der Waals surface area (Å²) in [6.07, 6.45) is 0. The first kappa shape index (κ1) is 30.3. The van der Waals surface area contributed by atoms with Gasteiger partial charge in [0.1, 0.15) is 22.3 Å². The zero-order valence-corrected chi connectivity index (χ0v) is 28.9. The van der Waals surface area contributed by atoms with Gasteiger partial charge in [0.15, 0.2) is 11.4 Å². The lowest BCUT2D eigenvalue weighted by Crippen LogP contribution is -1.96. The Morgan fingerprint density at radius 2 is 0.889 bits per heavy atom. The van der Waals surface area contributed by atoms with Crippen molar-refractivity contribution in [2.24, 2.45) is 0 Å². The summed E-state index contributed by atoms with van der Waals surface area (Å²) < 4.78 is 13.1. The predicted octanol–water partition coefficient (Wildman–Crippen LogP) is 13.2. The minimum atomic E-state index is 0.630. The number of para-hydroxylation sites is 3. The van der Waals surface area contributed by atoms with Crippen molar-refractivity contribution in [1.29, 1.82) is 0 Å². The van der Waals surface area contributed by atoms with Crippen LogP contribution in [-0.4, -0.2) is 15.0 Å². The maximum Gasteiger partial charge on any atom is 0.161 e. The van der Waals surface area contributed by atoms with Crippen molar-refractivity contribution in [3.63, 3.8) is 0 Å². The van der Waals surface area contributed by atoms with E-state index >= 15 is 0 Å². The van der Waals surface area contributed by atoms with Gasteiger partial charge in [0.2, 0.25) is 0 Å². The standard InChI is InChI=1S/C49H29N3O2/c1-3-13-30(14-4-1)34-20-11-21-37-38-22-12-23-39(47(38)54-46(34)37)42-29-41(31-15-5-2-6-16-31)50-49(51-42)33-27-25-32(26-28-33)44-35-17-7-8-18-36(35)48-45(52-44)40-19-9-10-24-43(40)53-48/h1-29H. The first-order valence-electron chi connectivity index (χ1n) is 18.0. The van der Waals surface area contributed by atoms with Crippen molar-refractivity contribution >= 4 is 54.8 Å². The molecule has 0 saturated carbocycles. The van der Waals surface area contributed by atoms with Crippen molar-refractivity contribution in [3.05, 3.63) is 176 Å². The van der Waals surface area contributed by atoms with E-state index in [0.29, 0.717) is 5.82 Å². The van der Waals surface area contributed by atoms with Crippen LogP contribution in [0.3, 0.4) is 0 Å². The number of benzene rings is 7. The van der Waals surface area contributed by atoms with Crippen LogP contribution in [0.4, 0.5) is 0 Å². The molecular formula is C49H29N3O2. The van der Waals surface area contributed by atoms with E-state index in [-0.39, 0.29) is 0 Å². The second-order valence-corrected chi connectivity index (χ2v) is 13.5. The number of fused-ring (bicyclic) bond motifs is 8. The molecule has 0 unspecified atom stereocenters. The molecule has 252 valence electrons. The number of aromatic nitrogens is 3. The molecule has 0 aliphatic heterocycles. The zero-order valence-electron chi connectivity index (χ0n) is 28.9. The molecule has 5 nitrogen and oxygen atoms in total. The second-order valence-electron chi connectivity index (χ2n) is 13.5. The fourth-order valence-electron chi connectivity index (χ4n) is 7.72. The fraction of sp³-hybridized carbons (Fsp3) is 0. The molecule has 0 fully saturated rings. The van der Waals surface area contributed by atoms with Crippen molar-refractivity contribution in [2.45, 2.75) is 0 Å². The zero-order chi connectivity index (χ0) is 35.6. The Morgan fingerprint density at radius 1 is 0.333 bits per heavy atom. The van der Waals surface area contributed by atoms with Crippen LogP contribution < -0.4 is 0 Å². The van der Waals surface area contributed by atoms with E-state index in [2.05, 4.69) is 121 Å². The summed E-state index contributed by atoms with van der Waals surface area (Å²) in [5.74, 6) is 0.630. The largest absolute Gasteiger partial charge is 0.455 e. The number of furan rings is 2. The van der Waals surface area contributed by atoms with E-state index in [4.69, 9.17) is 23.8 Å². The number of nitrogens with zero attached hydrogens (tertiary/aromatic N) is 3. The van der Waals surface area contributed by atoms with Crippen LogP contribution in [0.1, 0.15) is 0 Å². The van der Waals surface area contributed by atoms with Gasteiger partial charge < -0.3 is 8.83 Å². The molecule has 0 spiro atoms. The molecule has 0 saturated heterocycles. The molecule has 0 bridgehead atoms. The van der Waals surface area contributed by atoms with Gasteiger partial charge in [-0.3, -0.25) is 0 Å². The molecule has 4 aromatic heterocycles. The molecule has 0 atom stereocenters. The Bertz CT molecular complexity index is 3200. The Labute approximate surface area is 309 Å². The second kappa shape index (κ2) is 12.1. The maximum absolute atomic E-state index is 6.79. The summed E-state index contributed by atoms with van der Waals surface area (Å²) in [7, 11) is 0. The first-order valence-corrected chi connectivity index (χ1v) is 18.0. The topological polar surface area (TPSA) is 65.0 Å². The highest BCUT2D eigenvalue weighted by Crippen LogP contribution is 2.41. The molecular weight excluding hydrogens is 663 g/mol. The van der Waals surface area contributed by atoms with Crippen molar-refractivity contribution in [1.82, 2.24) is 15.0 Å². The van der Waals surface area contributed by atoms with Gasteiger partial charge in [0.25, 0.3) is 0 Å². The van der Waals surface area contributed by atoms with Crippen molar-refractivity contribution in [2.75, 3.05) is 0 Å². The number of pyridine rings is 1. The minimum Gasteiger partial charge on any atom is -0.455 e. The summed E-state index contributed by atoms with van der Waals surface area (Å²) in [5.41, 5.74) is 12.7. The highest BCUT2D eigenvalue weighted by atomic mass is 16.3. The summed E-state index contributed by atoms with van der Waals surface area (Å²) in [6, 6.07) is 60.1. The Kier molecular flexibility index (Phi) is 6.79. The molecule has 7 aromatic carbocycles. The molecule has 4 heterocycles. The monoisotopic (exact) mass is 691 g/mol. The maximum atomic E-state index is 6.79. The third-order valence-corrected chi connectivity index (χ3v) is 10.3. The normalized spacial score (nSPS) is 11.7. The predicted molar refractivity (Wildman–Crippen MR) is 219 cm³/mol. The molecule has 0 aliphatic rings. The van der Waals surface area contributed by atoms with Gasteiger partial charge in [-0.05, 0) is 29.8 Å². The van der Waals surface area contributed by atoms with Crippen LogP contribution in [-0.2, 0) is 0 Å². The van der Waals surface area contributed by atoms with E-state index in [1.807, 2.05) is 54.6 Å². The van der Waals surface area contributed by atoms with Gasteiger partial charge in [-0.1, -0.05) is 152 Å². The third kappa shape index (κ3) is 4.83. The van der Waals surface area contributed by atoms with Crippen LogP contribution >= 0.6 is 0 Å². The van der Waals surface area contributed by atoms with Crippen LogP contribution in [0.2, 0.25) is 0 Å². The molecule has 54 heavy (non-hydrogen) atoms. The number of rotatable bonds is 5. The number of hydrogen-bond acceptors (Lipinski definition) is 5. The van der Waals surface area contributed by atoms with E-state index < -0.39 is 0 Å². The highest BCUT2D eigenvalue weighted by molar-refractivity contribution is 6.16. The fourth-order valence-corrected chi connectivity index (χ4v) is 7.72. The summed E-state index contributed by atoms with van der Waals surface area (Å²) in [6.45, 7) is 0.